The Hall–Kier alpha value is -1.80. The first-order valence-electron chi connectivity index (χ1n) is 5.33. The highest BCUT2D eigenvalue weighted by Gasteiger charge is 2.16. The van der Waals surface area contributed by atoms with Gasteiger partial charge in [0.2, 0.25) is 0 Å². The van der Waals surface area contributed by atoms with Crippen molar-refractivity contribution in [2.75, 3.05) is 0 Å². The summed E-state index contributed by atoms with van der Waals surface area (Å²) in [6, 6.07) is 14.1. The van der Waals surface area contributed by atoms with Gasteiger partial charge in [-0.1, -0.05) is 36.4 Å². The molecule has 80 valence electrons. The second kappa shape index (κ2) is 3.65. The van der Waals surface area contributed by atoms with Gasteiger partial charge in [0.15, 0.2) is 0 Å². The van der Waals surface area contributed by atoms with Crippen LogP contribution >= 0.6 is 0 Å². The minimum atomic E-state index is 0.0539. The SMILES string of the molecule is OCc1ccc2c(c1)OCc1ccccc1-2. The fourth-order valence-electron chi connectivity index (χ4n) is 2.07. The van der Waals surface area contributed by atoms with Crippen LogP contribution in [0, 0.1) is 0 Å². The van der Waals surface area contributed by atoms with Crippen LogP contribution in [-0.2, 0) is 13.2 Å². The summed E-state index contributed by atoms with van der Waals surface area (Å²) >= 11 is 0. The van der Waals surface area contributed by atoms with E-state index < -0.39 is 0 Å². The predicted octanol–water partition coefficient (Wildman–Crippen LogP) is 2.74. The maximum absolute atomic E-state index is 9.08. The summed E-state index contributed by atoms with van der Waals surface area (Å²) in [5.41, 5.74) is 4.44. The van der Waals surface area contributed by atoms with Crippen molar-refractivity contribution in [2.24, 2.45) is 0 Å². The third-order valence-corrected chi connectivity index (χ3v) is 2.92. The smallest absolute Gasteiger partial charge is 0.128 e. The first-order valence-corrected chi connectivity index (χ1v) is 5.33. The lowest BCUT2D eigenvalue weighted by molar-refractivity contribution is 0.277. The molecule has 0 saturated heterocycles. The molecule has 2 nitrogen and oxygen atoms in total. The summed E-state index contributed by atoms with van der Waals surface area (Å²) in [7, 11) is 0. The van der Waals surface area contributed by atoms with E-state index in [1.54, 1.807) is 0 Å². The van der Waals surface area contributed by atoms with Crippen molar-refractivity contribution in [3.8, 4) is 16.9 Å². The molecule has 0 amide bonds. The van der Waals surface area contributed by atoms with Crippen LogP contribution in [0.4, 0.5) is 0 Å². The number of ether oxygens (including phenoxy) is 1. The monoisotopic (exact) mass is 212 g/mol. The van der Waals surface area contributed by atoms with E-state index in [-0.39, 0.29) is 6.61 Å². The van der Waals surface area contributed by atoms with Gasteiger partial charge >= 0.3 is 0 Å². The van der Waals surface area contributed by atoms with Crippen molar-refractivity contribution in [3.05, 3.63) is 53.6 Å². The van der Waals surface area contributed by atoms with E-state index in [2.05, 4.69) is 12.1 Å². The van der Waals surface area contributed by atoms with Crippen LogP contribution in [-0.4, -0.2) is 5.11 Å². The minimum Gasteiger partial charge on any atom is -0.488 e. The normalized spacial score (nSPS) is 12.6. The lowest BCUT2D eigenvalue weighted by Crippen LogP contribution is -2.05. The highest BCUT2D eigenvalue weighted by atomic mass is 16.5. The molecule has 0 aromatic heterocycles. The molecule has 0 unspecified atom stereocenters. The second-order valence-electron chi connectivity index (χ2n) is 3.93. The number of hydrogen-bond donors (Lipinski definition) is 1. The molecule has 0 saturated carbocycles. The standard InChI is InChI=1S/C14H12O2/c15-8-10-5-6-13-12-4-2-1-3-11(12)9-16-14(13)7-10/h1-7,15H,8-9H2. The number of rotatable bonds is 1. The number of benzene rings is 2. The van der Waals surface area contributed by atoms with E-state index in [1.807, 2.05) is 30.3 Å². The van der Waals surface area contributed by atoms with Crippen molar-refractivity contribution in [3.63, 3.8) is 0 Å². The zero-order chi connectivity index (χ0) is 11.0. The molecule has 0 spiro atoms. The van der Waals surface area contributed by atoms with Crippen LogP contribution in [0.3, 0.4) is 0 Å². The van der Waals surface area contributed by atoms with Gasteiger partial charge in [-0.3, -0.25) is 0 Å². The highest BCUT2D eigenvalue weighted by molar-refractivity contribution is 5.75. The quantitative estimate of drug-likeness (QED) is 0.787. The van der Waals surface area contributed by atoms with Gasteiger partial charge in [0.05, 0.1) is 6.61 Å². The van der Waals surface area contributed by atoms with Crippen LogP contribution in [0.15, 0.2) is 42.5 Å². The van der Waals surface area contributed by atoms with E-state index in [9.17, 15) is 0 Å². The first-order chi connectivity index (χ1) is 7.88. The molecule has 0 bridgehead atoms. The van der Waals surface area contributed by atoms with Gasteiger partial charge in [0.25, 0.3) is 0 Å². The summed E-state index contributed by atoms with van der Waals surface area (Å²) in [4.78, 5) is 0. The van der Waals surface area contributed by atoms with Crippen LogP contribution in [0.2, 0.25) is 0 Å². The van der Waals surface area contributed by atoms with Gasteiger partial charge in [-0.2, -0.15) is 0 Å². The van der Waals surface area contributed by atoms with Crippen LogP contribution in [0.5, 0.6) is 5.75 Å². The van der Waals surface area contributed by atoms with Crippen molar-refractivity contribution >= 4 is 0 Å². The van der Waals surface area contributed by atoms with Gasteiger partial charge in [-0.15, -0.1) is 0 Å². The first kappa shape index (κ1) is 9.43. The molecule has 3 rings (SSSR count). The Kier molecular flexibility index (Phi) is 2.15. The lowest BCUT2D eigenvalue weighted by atomic mass is 9.96. The van der Waals surface area contributed by atoms with Gasteiger partial charge in [0, 0.05) is 5.56 Å². The van der Waals surface area contributed by atoms with Crippen LogP contribution in [0.1, 0.15) is 11.1 Å². The Balaban J connectivity index is 2.18. The average Bonchev–Trinajstić information content (AvgIpc) is 2.38. The Morgan fingerprint density at radius 2 is 1.94 bits per heavy atom. The summed E-state index contributed by atoms with van der Waals surface area (Å²) in [5, 5.41) is 9.08. The topological polar surface area (TPSA) is 29.5 Å². The average molecular weight is 212 g/mol. The van der Waals surface area contributed by atoms with Gasteiger partial charge < -0.3 is 9.84 Å². The Morgan fingerprint density at radius 1 is 1.06 bits per heavy atom. The van der Waals surface area contributed by atoms with Crippen LogP contribution in [0.25, 0.3) is 11.1 Å². The summed E-state index contributed by atoms with van der Waals surface area (Å²) in [6.45, 7) is 0.663. The molecule has 0 radical (unpaired) electrons. The zero-order valence-corrected chi connectivity index (χ0v) is 8.81. The van der Waals surface area contributed by atoms with Gasteiger partial charge in [-0.05, 0) is 22.8 Å². The van der Waals surface area contributed by atoms with E-state index >= 15 is 0 Å². The summed E-state index contributed by atoms with van der Waals surface area (Å²) < 4.78 is 5.68. The molecular weight excluding hydrogens is 200 g/mol. The lowest BCUT2D eigenvalue weighted by Gasteiger charge is -2.21. The molecule has 2 aromatic carbocycles. The number of aliphatic hydroxyl groups excluding tert-OH is 1. The fourth-order valence-corrected chi connectivity index (χ4v) is 2.07. The molecule has 1 N–H and O–H groups in total. The molecule has 1 aliphatic rings. The maximum atomic E-state index is 9.08. The Labute approximate surface area is 94.1 Å². The number of fused-ring (bicyclic) bond motifs is 3. The van der Waals surface area contributed by atoms with E-state index in [0.717, 1.165) is 16.9 Å². The maximum Gasteiger partial charge on any atom is 0.128 e. The Bertz CT molecular complexity index is 532. The highest BCUT2D eigenvalue weighted by Crippen LogP contribution is 2.37. The van der Waals surface area contributed by atoms with Crippen molar-refractivity contribution in [2.45, 2.75) is 13.2 Å². The largest absolute Gasteiger partial charge is 0.488 e. The molecule has 0 fully saturated rings. The molecule has 2 aromatic rings. The predicted molar refractivity (Wildman–Crippen MR) is 62.1 cm³/mol. The third kappa shape index (κ3) is 1.39. The van der Waals surface area contributed by atoms with E-state index in [0.29, 0.717) is 6.61 Å². The molecule has 1 aliphatic heterocycles. The fraction of sp³-hybridized carbons (Fsp3) is 0.143. The van der Waals surface area contributed by atoms with E-state index in [1.165, 1.54) is 11.1 Å². The molecule has 1 heterocycles. The van der Waals surface area contributed by atoms with E-state index in [4.69, 9.17) is 9.84 Å². The number of aliphatic hydroxyl groups is 1. The second-order valence-corrected chi connectivity index (χ2v) is 3.93. The zero-order valence-electron chi connectivity index (χ0n) is 8.81. The number of hydrogen-bond acceptors (Lipinski definition) is 2. The molecule has 0 aliphatic carbocycles. The van der Waals surface area contributed by atoms with Crippen molar-refractivity contribution in [1.82, 2.24) is 0 Å². The minimum absolute atomic E-state index is 0.0539. The third-order valence-electron chi connectivity index (χ3n) is 2.92. The van der Waals surface area contributed by atoms with Gasteiger partial charge in [0.1, 0.15) is 12.4 Å². The molecule has 0 atom stereocenters. The summed E-state index contributed by atoms with van der Waals surface area (Å²) in [6.07, 6.45) is 0. The van der Waals surface area contributed by atoms with Gasteiger partial charge in [-0.25, -0.2) is 0 Å². The van der Waals surface area contributed by atoms with Crippen molar-refractivity contribution < 1.29 is 9.84 Å². The van der Waals surface area contributed by atoms with Crippen molar-refractivity contribution in [1.29, 1.82) is 0 Å². The molecule has 16 heavy (non-hydrogen) atoms. The molecule has 2 heteroatoms. The summed E-state index contributed by atoms with van der Waals surface area (Å²) in [5.74, 6) is 0.866. The Morgan fingerprint density at radius 3 is 2.81 bits per heavy atom. The van der Waals surface area contributed by atoms with Crippen LogP contribution < -0.4 is 4.74 Å². The molecular formula is C14H12O2.